The van der Waals surface area contributed by atoms with Gasteiger partial charge >= 0.3 is 5.97 Å². The van der Waals surface area contributed by atoms with Gasteiger partial charge in [-0.15, -0.1) is 0 Å². The van der Waals surface area contributed by atoms with Gasteiger partial charge in [0.2, 0.25) is 23.6 Å². The van der Waals surface area contributed by atoms with Crippen LogP contribution in [0.2, 0.25) is 0 Å². The molecule has 8 N–H and O–H groups in total. The van der Waals surface area contributed by atoms with E-state index in [1.54, 1.807) is 13.8 Å². The molecule has 1 aliphatic rings. The standard InChI is InChI=1S/C19H33N5O7/c1-9(2)14(21)18(29)24-8-4-5-12(24)16(27)23-15(10(3)25)17(28)22-11(19(30)31)6-7-13(20)26/h9-12,14-15,25H,4-8,21H2,1-3H3,(H2,20,26)(H,22,28)(H,23,27)(H,30,31). The Morgan fingerprint density at radius 3 is 2.23 bits per heavy atom. The summed E-state index contributed by atoms with van der Waals surface area (Å²) in [6.45, 7) is 5.18. The second-order valence-electron chi connectivity index (χ2n) is 8.09. The largest absolute Gasteiger partial charge is 0.480 e. The number of nitrogens with zero attached hydrogens (tertiary/aromatic N) is 1. The molecule has 0 aromatic carbocycles. The molecule has 1 heterocycles. The normalized spacial score (nSPS) is 19.9. The number of carboxylic acids is 1. The molecule has 0 spiro atoms. The molecule has 1 fully saturated rings. The number of nitrogens with one attached hydrogen (secondary N) is 2. The van der Waals surface area contributed by atoms with Crippen molar-refractivity contribution in [1.29, 1.82) is 0 Å². The van der Waals surface area contributed by atoms with Gasteiger partial charge in [-0.05, 0) is 32.1 Å². The molecule has 31 heavy (non-hydrogen) atoms. The van der Waals surface area contributed by atoms with Crippen LogP contribution in [0.15, 0.2) is 0 Å². The quantitative estimate of drug-likeness (QED) is 0.203. The fourth-order valence-corrected chi connectivity index (χ4v) is 3.24. The maximum Gasteiger partial charge on any atom is 0.326 e. The number of aliphatic carboxylic acids is 1. The lowest BCUT2D eigenvalue weighted by Crippen LogP contribution is -2.59. The second-order valence-corrected chi connectivity index (χ2v) is 8.09. The van der Waals surface area contributed by atoms with Crippen molar-refractivity contribution in [3.63, 3.8) is 0 Å². The van der Waals surface area contributed by atoms with E-state index in [1.807, 2.05) is 0 Å². The summed E-state index contributed by atoms with van der Waals surface area (Å²) < 4.78 is 0. The number of carbonyl (C=O) groups is 5. The van der Waals surface area contributed by atoms with Crippen molar-refractivity contribution in [2.24, 2.45) is 17.4 Å². The van der Waals surface area contributed by atoms with Crippen molar-refractivity contribution in [3.05, 3.63) is 0 Å². The maximum absolute atomic E-state index is 12.8. The van der Waals surface area contributed by atoms with Crippen LogP contribution in [-0.4, -0.2) is 81.5 Å². The third kappa shape index (κ3) is 7.47. The average molecular weight is 444 g/mol. The molecule has 0 saturated carbocycles. The molecule has 5 atom stereocenters. The predicted octanol–water partition coefficient (Wildman–Crippen LogP) is -2.34. The molecule has 176 valence electrons. The number of nitrogens with two attached hydrogens (primary N) is 2. The molecule has 5 unspecified atom stereocenters. The summed E-state index contributed by atoms with van der Waals surface area (Å²) in [5, 5.41) is 23.8. The first-order valence-electron chi connectivity index (χ1n) is 10.2. The Kier molecular flexibility index (Phi) is 9.85. The molecule has 4 amide bonds. The molecule has 0 aromatic rings. The Hall–Kier alpha value is -2.73. The summed E-state index contributed by atoms with van der Waals surface area (Å²) in [6.07, 6.45) is -0.910. The van der Waals surface area contributed by atoms with E-state index in [-0.39, 0.29) is 24.7 Å². The molecule has 0 aromatic heterocycles. The fraction of sp³-hybridized carbons (Fsp3) is 0.737. The highest BCUT2D eigenvalue weighted by molar-refractivity contribution is 5.94. The van der Waals surface area contributed by atoms with E-state index in [4.69, 9.17) is 11.5 Å². The number of rotatable bonds is 11. The van der Waals surface area contributed by atoms with E-state index in [0.717, 1.165) is 0 Å². The van der Waals surface area contributed by atoms with Crippen LogP contribution >= 0.6 is 0 Å². The average Bonchev–Trinajstić information content (AvgIpc) is 3.16. The number of likely N-dealkylation sites (tertiary alicyclic amines) is 1. The lowest BCUT2D eigenvalue weighted by Gasteiger charge is -2.30. The Labute approximate surface area is 180 Å². The Morgan fingerprint density at radius 2 is 1.74 bits per heavy atom. The van der Waals surface area contributed by atoms with Gasteiger partial charge < -0.3 is 37.2 Å². The maximum atomic E-state index is 12.8. The van der Waals surface area contributed by atoms with E-state index in [0.29, 0.717) is 19.4 Å². The van der Waals surface area contributed by atoms with E-state index in [1.165, 1.54) is 11.8 Å². The summed E-state index contributed by atoms with van der Waals surface area (Å²) in [5.41, 5.74) is 10.9. The van der Waals surface area contributed by atoms with Gasteiger partial charge in [-0.1, -0.05) is 13.8 Å². The van der Waals surface area contributed by atoms with Gasteiger partial charge in [0.15, 0.2) is 0 Å². The Morgan fingerprint density at radius 1 is 1.13 bits per heavy atom. The minimum absolute atomic E-state index is 0.124. The molecule has 0 radical (unpaired) electrons. The number of hydrogen-bond acceptors (Lipinski definition) is 7. The van der Waals surface area contributed by atoms with E-state index in [2.05, 4.69) is 10.6 Å². The van der Waals surface area contributed by atoms with Gasteiger partial charge in [0.05, 0.1) is 12.1 Å². The molecular weight excluding hydrogens is 410 g/mol. The number of carboxylic acid groups (broad SMARTS) is 1. The predicted molar refractivity (Wildman–Crippen MR) is 109 cm³/mol. The molecule has 0 aliphatic carbocycles. The number of aliphatic hydroxyl groups is 1. The Balaban J connectivity index is 2.88. The zero-order valence-electron chi connectivity index (χ0n) is 18.0. The van der Waals surface area contributed by atoms with Gasteiger partial charge in [-0.2, -0.15) is 0 Å². The second kappa shape index (κ2) is 11.6. The Bertz CT molecular complexity index is 697. The smallest absolute Gasteiger partial charge is 0.326 e. The lowest BCUT2D eigenvalue weighted by atomic mass is 10.0. The first kappa shape index (κ1) is 26.3. The number of hydrogen-bond donors (Lipinski definition) is 6. The van der Waals surface area contributed by atoms with Gasteiger partial charge in [-0.25, -0.2) is 4.79 Å². The first-order chi connectivity index (χ1) is 14.4. The van der Waals surface area contributed by atoms with Crippen LogP contribution < -0.4 is 22.1 Å². The van der Waals surface area contributed by atoms with Gasteiger partial charge in [0, 0.05) is 13.0 Å². The van der Waals surface area contributed by atoms with Gasteiger partial charge in [0.25, 0.3) is 0 Å². The van der Waals surface area contributed by atoms with Gasteiger partial charge in [-0.3, -0.25) is 19.2 Å². The van der Waals surface area contributed by atoms with Crippen molar-refractivity contribution < 1.29 is 34.2 Å². The molecule has 0 bridgehead atoms. The monoisotopic (exact) mass is 443 g/mol. The third-order valence-corrected chi connectivity index (χ3v) is 5.20. The minimum atomic E-state index is -1.46. The molecular formula is C19H33N5O7. The van der Waals surface area contributed by atoms with Crippen LogP contribution in [0.25, 0.3) is 0 Å². The highest BCUT2D eigenvalue weighted by Crippen LogP contribution is 2.20. The van der Waals surface area contributed by atoms with Crippen LogP contribution in [0.3, 0.4) is 0 Å². The van der Waals surface area contributed by atoms with E-state index in [9.17, 15) is 34.2 Å². The summed E-state index contributed by atoms with van der Waals surface area (Å²) in [7, 11) is 0. The summed E-state index contributed by atoms with van der Waals surface area (Å²) in [4.78, 5) is 61.5. The SMILES string of the molecule is CC(C)C(N)C(=O)N1CCCC1C(=O)NC(C(=O)NC(CCC(N)=O)C(=O)O)C(C)O. The number of aliphatic hydroxyl groups excluding tert-OH is 1. The van der Waals surface area contributed by atoms with E-state index >= 15 is 0 Å². The highest BCUT2D eigenvalue weighted by atomic mass is 16.4. The van der Waals surface area contributed by atoms with Crippen molar-refractivity contribution >= 4 is 29.6 Å². The summed E-state index contributed by atoms with van der Waals surface area (Å²) in [6, 6.07) is -4.51. The summed E-state index contributed by atoms with van der Waals surface area (Å²) in [5.74, 6) is -4.20. The molecule has 12 nitrogen and oxygen atoms in total. The number of primary amides is 1. The first-order valence-corrected chi connectivity index (χ1v) is 10.2. The molecule has 1 aliphatic heterocycles. The van der Waals surface area contributed by atoms with Crippen LogP contribution in [0.4, 0.5) is 0 Å². The molecule has 1 rings (SSSR count). The van der Waals surface area contributed by atoms with Crippen molar-refractivity contribution in [3.8, 4) is 0 Å². The van der Waals surface area contributed by atoms with Gasteiger partial charge in [0.1, 0.15) is 18.1 Å². The highest BCUT2D eigenvalue weighted by Gasteiger charge is 2.39. The zero-order valence-corrected chi connectivity index (χ0v) is 18.0. The van der Waals surface area contributed by atoms with Crippen LogP contribution in [0.1, 0.15) is 46.5 Å². The molecule has 12 heteroatoms. The van der Waals surface area contributed by atoms with Crippen LogP contribution in [0.5, 0.6) is 0 Å². The fourth-order valence-electron chi connectivity index (χ4n) is 3.24. The zero-order chi connectivity index (χ0) is 23.9. The van der Waals surface area contributed by atoms with E-state index < -0.39 is 54.0 Å². The van der Waals surface area contributed by atoms with Crippen molar-refractivity contribution in [1.82, 2.24) is 15.5 Å². The van der Waals surface area contributed by atoms with Crippen LogP contribution in [0, 0.1) is 5.92 Å². The minimum Gasteiger partial charge on any atom is -0.480 e. The topological polar surface area (TPSA) is 205 Å². The van der Waals surface area contributed by atoms with Crippen molar-refractivity contribution in [2.45, 2.75) is 76.7 Å². The lowest BCUT2D eigenvalue weighted by molar-refractivity contribution is -0.144. The van der Waals surface area contributed by atoms with Crippen molar-refractivity contribution in [2.75, 3.05) is 6.54 Å². The number of carbonyl (C=O) groups excluding carboxylic acids is 4. The van der Waals surface area contributed by atoms with Crippen LogP contribution in [-0.2, 0) is 24.0 Å². The number of amides is 4. The molecule has 1 saturated heterocycles. The third-order valence-electron chi connectivity index (χ3n) is 5.20. The summed E-state index contributed by atoms with van der Waals surface area (Å²) >= 11 is 0.